The van der Waals surface area contributed by atoms with E-state index in [0.29, 0.717) is 12.2 Å². The van der Waals surface area contributed by atoms with Gasteiger partial charge < -0.3 is 10.6 Å². The minimum atomic E-state index is -0.344. The molecule has 1 amide bonds. The Kier molecular flexibility index (Phi) is 5.06. The van der Waals surface area contributed by atoms with Gasteiger partial charge in [-0.25, -0.2) is 4.39 Å². The number of rotatable bonds is 4. The lowest BCUT2D eigenvalue weighted by molar-refractivity contribution is -0.119. The molecule has 2 N–H and O–H groups in total. The van der Waals surface area contributed by atoms with E-state index in [0.717, 1.165) is 0 Å². The SMILES string of the molecule is CCN(C(=O)CC(N)C(C)(C)C)c1cccc(F)c1. The molecule has 0 saturated heterocycles. The van der Waals surface area contributed by atoms with Crippen LogP contribution < -0.4 is 10.6 Å². The van der Waals surface area contributed by atoms with Crippen LogP contribution in [-0.4, -0.2) is 18.5 Å². The van der Waals surface area contributed by atoms with Crippen LogP contribution >= 0.6 is 0 Å². The fourth-order valence-corrected chi connectivity index (χ4v) is 1.75. The Morgan fingerprint density at radius 1 is 1.42 bits per heavy atom. The van der Waals surface area contributed by atoms with Crippen LogP contribution in [0.25, 0.3) is 0 Å². The van der Waals surface area contributed by atoms with E-state index in [4.69, 9.17) is 5.73 Å². The van der Waals surface area contributed by atoms with Gasteiger partial charge in [0.1, 0.15) is 5.82 Å². The first-order chi connectivity index (χ1) is 8.75. The number of carbonyl (C=O) groups is 1. The Labute approximate surface area is 114 Å². The highest BCUT2D eigenvalue weighted by Crippen LogP contribution is 2.22. The van der Waals surface area contributed by atoms with Crippen molar-refractivity contribution >= 4 is 11.6 Å². The van der Waals surface area contributed by atoms with Gasteiger partial charge in [0, 0.05) is 24.7 Å². The van der Waals surface area contributed by atoms with Crippen molar-refractivity contribution in [2.75, 3.05) is 11.4 Å². The van der Waals surface area contributed by atoms with Gasteiger partial charge in [-0.05, 0) is 30.5 Å². The lowest BCUT2D eigenvalue weighted by Crippen LogP contribution is -2.41. The summed E-state index contributed by atoms with van der Waals surface area (Å²) in [6, 6.07) is 5.84. The predicted molar refractivity (Wildman–Crippen MR) is 76.5 cm³/mol. The summed E-state index contributed by atoms with van der Waals surface area (Å²) in [6.45, 7) is 8.38. The molecule has 0 aliphatic heterocycles. The number of halogens is 1. The molecule has 106 valence electrons. The average Bonchev–Trinajstić information content (AvgIpc) is 2.28. The monoisotopic (exact) mass is 266 g/mol. The molecule has 19 heavy (non-hydrogen) atoms. The van der Waals surface area contributed by atoms with Crippen molar-refractivity contribution in [3.8, 4) is 0 Å². The number of carbonyl (C=O) groups excluding carboxylic acids is 1. The lowest BCUT2D eigenvalue weighted by Gasteiger charge is -2.29. The molecule has 1 aromatic rings. The number of nitrogens with two attached hydrogens (primary N) is 1. The van der Waals surface area contributed by atoms with Crippen LogP contribution in [0.3, 0.4) is 0 Å². The van der Waals surface area contributed by atoms with Crippen molar-refractivity contribution in [2.45, 2.75) is 40.2 Å². The molecule has 1 rings (SSSR count). The van der Waals surface area contributed by atoms with Gasteiger partial charge in [-0.1, -0.05) is 26.8 Å². The lowest BCUT2D eigenvalue weighted by atomic mass is 9.85. The molecule has 0 radical (unpaired) electrons. The molecule has 0 spiro atoms. The molecule has 1 atom stereocenters. The van der Waals surface area contributed by atoms with E-state index in [1.54, 1.807) is 17.0 Å². The number of hydrogen-bond acceptors (Lipinski definition) is 2. The van der Waals surface area contributed by atoms with Crippen molar-refractivity contribution < 1.29 is 9.18 Å². The van der Waals surface area contributed by atoms with Crippen LogP contribution in [0.2, 0.25) is 0 Å². The quantitative estimate of drug-likeness (QED) is 0.910. The van der Waals surface area contributed by atoms with Crippen LogP contribution in [0.5, 0.6) is 0 Å². The molecular formula is C15H23FN2O. The van der Waals surface area contributed by atoms with E-state index in [-0.39, 0.29) is 29.6 Å². The zero-order valence-electron chi connectivity index (χ0n) is 12.1. The fourth-order valence-electron chi connectivity index (χ4n) is 1.75. The molecule has 0 heterocycles. The molecule has 0 aromatic heterocycles. The normalized spacial score (nSPS) is 13.2. The fraction of sp³-hybridized carbons (Fsp3) is 0.533. The third kappa shape index (κ3) is 4.31. The van der Waals surface area contributed by atoms with Crippen molar-refractivity contribution in [3.63, 3.8) is 0 Å². The van der Waals surface area contributed by atoms with Gasteiger partial charge in [0.15, 0.2) is 0 Å². The maximum atomic E-state index is 13.2. The number of amides is 1. The van der Waals surface area contributed by atoms with E-state index >= 15 is 0 Å². The zero-order valence-corrected chi connectivity index (χ0v) is 12.1. The molecule has 0 bridgehead atoms. The van der Waals surface area contributed by atoms with Crippen molar-refractivity contribution in [2.24, 2.45) is 11.1 Å². The zero-order chi connectivity index (χ0) is 14.6. The second-order valence-corrected chi connectivity index (χ2v) is 5.79. The van der Waals surface area contributed by atoms with Crippen molar-refractivity contribution in [3.05, 3.63) is 30.1 Å². The highest BCUT2D eigenvalue weighted by Gasteiger charge is 2.25. The molecule has 4 heteroatoms. The first-order valence-corrected chi connectivity index (χ1v) is 6.57. The van der Waals surface area contributed by atoms with Gasteiger partial charge in [0.2, 0.25) is 5.91 Å². The van der Waals surface area contributed by atoms with Crippen LogP contribution in [0, 0.1) is 11.2 Å². The summed E-state index contributed by atoms with van der Waals surface area (Å²) >= 11 is 0. The van der Waals surface area contributed by atoms with Crippen molar-refractivity contribution in [1.82, 2.24) is 0 Å². The second kappa shape index (κ2) is 6.15. The predicted octanol–water partition coefficient (Wildman–Crippen LogP) is 2.94. The second-order valence-electron chi connectivity index (χ2n) is 5.79. The van der Waals surface area contributed by atoms with Crippen LogP contribution in [0.15, 0.2) is 24.3 Å². The first-order valence-electron chi connectivity index (χ1n) is 6.57. The van der Waals surface area contributed by atoms with Crippen LogP contribution in [0.4, 0.5) is 10.1 Å². The summed E-state index contributed by atoms with van der Waals surface area (Å²) in [6.07, 6.45) is 0.258. The Hall–Kier alpha value is -1.42. The summed E-state index contributed by atoms with van der Waals surface area (Å²) in [5.41, 5.74) is 6.48. The topological polar surface area (TPSA) is 46.3 Å². The van der Waals surface area contributed by atoms with E-state index in [2.05, 4.69) is 0 Å². The van der Waals surface area contributed by atoms with Gasteiger partial charge in [0.25, 0.3) is 0 Å². The van der Waals surface area contributed by atoms with Crippen molar-refractivity contribution in [1.29, 1.82) is 0 Å². The number of anilines is 1. The first kappa shape index (κ1) is 15.6. The largest absolute Gasteiger partial charge is 0.327 e. The highest BCUT2D eigenvalue weighted by atomic mass is 19.1. The van der Waals surface area contributed by atoms with Crippen LogP contribution in [-0.2, 0) is 4.79 Å². The molecule has 0 saturated carbocycles. The van der Waals surface area contributed by atoms with Gasteiger partial charge in [-0.15, -0.1) is 0 Å². The molecule has 1 unspecified atom stereocenters. The molecule has 0 aliphatic carbocycles. The van der Waals surface area contributed by atoms with E-state index in [1.165, 1.54) is 12.1 Å². The smallest absolute Gasteiger partial charge is 0.228 e. The summed E-state index contributed by atoms with van der Waals surface area (Å²) in [7, 11) is 0. The van der Waals surface area contributed by atoms with Gasteiger partial charge in [-0.3, -0.25) is 4.79 Å². The number of nitrogens with zero attached hydrogens (tertiary/aromatic N) is 1. The Bertz CT molecular complexity index is 440. The van der Waals surface area contributed by atoms with Crippen LogP contribution in [0.1, 0.15) is 34.1 Å². The molecular weight excluding hydrogens is 243 g/mol. The molecule has 1 aromatic carbocycles. The summed E-state index contributed by atoms with van der Waals surface area (Å²) < 4.78 is 13.2. The Morgan fingerprint density at radius 3 is 2.53 bits per heavy atom. The standard InChI is InChI=1S/C15H23FN2O/c1-5-18(12-8-6-7-11(16)9-12)14(19)10-13(17)15(2,3)4/h6-9,13H,5,10,17H2,1-4H3. The number of benzene rings is 1. The van der Waals surface area contributed by atoms with Gasteiger partial charge in [-0.2, -0.15) is 0 Å². The Balaban J connectivity index is 2.84. The molecule has 0 fully saturated rings. The third-order valence-electron chi connectivity index (χ3n) is 3.24. The highest BCUT2D eigenvalue weighted by molar-refractivity contribution is 5.93. The van der Waals surface area contributed by atoms with E-state index in [1.807, 2.05) is 27.7 Å². The number of hydrogen-bond donors (Lipinski definition) is 1. The maximum absolute atomic E-state index is 13.2. The third-order valence-corrected chi connectivity index (χ3v) is 3.24. The van der Waals surface area contributed by atoms with E-state index < -0.39 is 0 Å². The average molecular weight is 266 g/mol. The summed E-state index contributed by atoms with van der Waals surface area (Å²) in [4.78, 5) is 13.8. The van der Waals surface area contributed by atoms with Gasteiger partial charge >= 0.3 is 0 Å². The molecule has 0 aliphatic rings. The Morgan fingerprint density at radius 2 is 2.05 bits per heavy atom. The van der Waals surface area contributed by atoms with E-state index in [9.17, 15) is 9.18 Å². The maximum Gasteiger partial charge on any atom is 0.228 e. The van der Waals surface area contributed by atoms with Gasteiger partial charge in [0.05, 0.1) is 0 Å². The minimum absolute atomic E-state index is 0.0736. The molecule has 3 nitrogen and oxygen atoms in total. The minimum Gasteiger partial charge on any atom is -0.327 e. The summed E-state index contributed by atoms with van der Waals surface area (Å²) in [5, 5.41) is 0. The summed E-state index contributed by atoms with van der Waals surface area (Å²) in [5.74, 6) is -0.417.